The van der Waals surface area contributed by atoms with Gasteiger partial charge in [-0.1, -0.05) is 13.3 Å². The van der Waals surface area contributed by atoms with Gasteiger partial charge in [0.1, 0.15) is 5.84 Å². The second-order valence-corrected chi connectivity index (χ2v) is 7.79. The van der Waals surface area contributed by atoms with Crippen molar-refractivity contribution >= 4 is 16.0 Å². The molecule has 0 unspecified atom stereocenters. The van der Waals surface area contributed by atoms with Crippen molar-refractivity contribution in [2.75, 3.05) is 7.05 Å². The van der Waals surface area contributed by atoms with E-state index >= 15 is 0 Å². The van der Waals surface area contributed by atoms with Crippen molar-refractivity contribution in [3.8, 4) is 0 Å². The van der Waals surface area contributed by atoms with Crippen LogP contribution in [0.1, 0.15) is 52.9 Å². The standard InChI is InChI=1S/C13H28N4O2S/c1-5-11-6-8-13(9-7-11,12(14)15)16-20(18,19)17(4)10(2)3/h10-11,16H,5-9H2,1-4H3,(H3,14,15). The van der Waals surface area contributed by atoms with Gasteiger partial charge >= 0.3 is 0 Å². The second kappa shape index (κ2) is 6.41. The molecule has 0 bridgehead atoms. The number of nitrogens with zero attached hydrogens (tertiary/aromatic N) is 1. The zero-order valence-corrected chi connectivity index (χ0v) is 13.8. The Labute approximate surface area is 122 Å². The number of amidine groups is 1. The van der Waals surface area contributed by atoms with Gasteiger partial charge < -0.3 is 5.73 Å². The minimum atomic E-state index is -3.62. The lowest BCUT2D eigenvalue weighted by Gasteiger charge is -2.40. The molecule has 0 aromatic heterocycles. The Bertz CT molecular complexity index is 439. The van der Waals surface area contributed by atoms with Crippen LogP contribution in [-0.2, 0) is 10.2 Å². The van der Waals surface area contributed by atoms with E-state index in [0.717, 1.165) is 19.3 Å². The smallest absolute Gasteiger partial charge is 0.280 e. The van der Waals surface area contributed by atoms with E-state index in [2.05, 4.69) is 11.6 Å². The topological polar surface area (TPSA) is 99.3 Å². The molecule has 7 heteroatoms. The van der Waals surface area contributed by atoms with Gasteiger partial charge in [0.2, 0.25) is 0 Å². The van der Waals surface area contributed by atoms with Gasteiger partial charge in [0.05, 0.1) is 5.54 Å². The summed E-state index contributed by atoms with van der Waals surface area (Å²) in [4.78, 5) is 0. The molecule has 4 N–H and O–H groups in total. The Kier molecular flexibility index (Phi) is 5.57. The Morgan fingerprint density at radius 3 is 2.30 bits per heavy atom. The van der Waals surface area contributed by atoms with Crippen molar-refractivity contribution in [3.63, 3.8) is 0 Å². The molecular formula is C13H28N4O2S. The van der Waals surface area contributed by atoms with Crippen LogP contribution in [0.5, 0.6) is 0 Å². The van der Waals surface area contributed by atoms with Crippen LogP contribution in [0.4, 0.5) is 0 Å². The number of rotatable bonds is 6. The first kappa shape index (κ1) is 17.4. The van der Waals surface area contributed by atoms with E-state index in [-0.39, 0.29) is 11.9 Å². The fourth-order valence-electron chi connectivity index (χ4n) is 2.60. The summed E-state index contributed by atoms with van der Waals surface area (Å²) >= 11 is 0. The minimum Gasteiger partial charge on any atom is -0.386 e. The van der Waals surface area contributed by atoms with Crippen LogP contribution in [0, 0.1) is 11.3 Å². The van der Waals surface area contributed by atoms with E-state index in [0.29, 0.717) is 18.8 Å². The van der Waals surface area contributed by atoms with Gasteiger partial charge in [0.15, 0.2) is 0 Å². The highest BCUT2D eigenvalue weighted by atomic mass is 32.2. The molecule has 0 aromatic rings. The van der Waals surface area contributed by atoms with Crippen LogP contribution in [0.15, 0.2) is 0 Å². The summed E-state index contributed by atoms with van der Waals surface area (Å²) in [5.41, 5.74) is 4.80. The summed E-state index contributed by atoms with van der Waals surface area (Å²) in [7, 11) is -2.08. The molecule has 1 aliphatic carbocycles. The molecule has 1 rings (SSSR count). The van der Waals surface area contributed by atoms with Gasteiger partial charge in [-0.3, -0.25) is 5.41 Å². The Balaban J connectivity index is 2.92. The Hall–Kier alpha value is -0.660. The van der Waals surface area contributed by atoms with Gasteiger partial charge in [-0.05, 0) is 45.4 Å². The van der Waals surface area contributed by atoms with Gasteiger partial charge in [0, 0.05) is 13.1 Å². The number of hydrogen-bond donors (Lipinski definition) is 3. The molecule has 0 aromatic carbocycles. The van der Waals surface area contributed by atoms with Crippen LogP contribution in [-0.4, -0.2) is 37.2 Å². The molecular weight excluding hydrogens is 276 g/mol. The Morgan fingerprint density at radius 1 is 1.45 bits per heavy atom. The van der Waals surface area contributed by atoms with E-state index in [4.69, 9.17) is 11.1 Å². The SMILES string of the molecule is CCC1CCC(NS(=O)(=O)N(C)C(C)C)(C(=N)N)CC1. The molecule has 0 radical (unpaired) electrons. The normalized spacial score (nSPS) is 28.0. The highest BCUT2D eigenvalue weighted by Crippen LogP contribution is 2.34. The molecule has 0 saturated heterocycles. The lowest BCUT2D eigenvalue weighted by molar-refractivity contribution is 0.260. The van der Waals surface area contributed by atoms with E-state index < -0.39 is 15.7 Å². The highest BCUT2D eigenvalue weighted by molar-refractivity contribution is 7.87. The van der Waals surface area contributed by atoms with Crippen molar-refractivity contribution in [2.45, 2.75) is 64.5 Å². The molecule has 118 valence electrons. The van der Waals surface area contributed by atoms with Crippen molar-refractivity contribution in [3.05, 3.63) is 0 Å². The summed E-state index contributed by atoms with van der Waals surface area (Å²) < 4.78 is 28.7. The molecule has 6 nitrogen and oxygen atoms in total. The maximum absolute atomic E-state index is 12.4. The van der Waals surface area contributed by atoms with Gasteiger partial charge in [-0.25, -0.2) is 0 Å². The van der Waals surface area contributed by atoms with E-state index in [9.17, 15) is 8.42 Å². The first-order valence-corrected chi connectivity index (χ1v) is 8.70. The molecule has 0 atom stereocenters. The first-order chi connectivity index (χ1) is 9.14. The summed E-state index contributed by atoms with van der Waals surface area (Å²) in [6.07, 6.45) is 4.11. The van der Waals surface area contributed by atoms with Crippen molar-refractivity contribution < 1.29 is 8.42 Å². The third-order valence-corrected chi connectivity index (χ3v) is 6.31. The summed E-state index contributed by atoms with van der Waals surface area (Å²) in [5, 5.41) is 7.82. The molecule has 1 fully saturated rings. The van der Waals surface area contributed by atoms with Crippen molar-refractivity contribution in [1.29, 1.82) is 5.41 Å². The monoisotopic (exact) mass is 304 g/mol. The van der Waals surface area contributed by atoms with Crippen LogP contribution in [0.3, 0.4) is 0 Å². The summed E-state index contributed by atoms with van der Waals surface area (Å²) in [6.45, 7) is 5.77. The third kappa shape index (κ3) is 3.71. The number of nitrogens with one attached hydrogen (secondary N) is 2. The fourth-order valence-corrected chi connectivity index (χ4v) is 4.11. The van der Waals surface area contributed by atoms with Crippen molar-refractivity contribution in [1.82, 2.24) is 9.03 Å². The van der Waals surface area contributed by atoms with Crippen molar-refractivity contribution in [2.24, 2.45) is 11.7 Å². The van der Waals surface area contributed by atoms with Gasteiger partial charge in [-0.15, -0.1) is 0 Å². The molecule has 0 spiro atoms. The van der Waals surface area contributed by atoms with Gasteiger partial charge in [-0.2, -0.15) is 17.4 Å². The Morgan fingerprint density at radius 2 is 1.95 bits per heavy atom. The van der Waals surface area contributed by atoms with Crippen LogP contribution in [0.2, 0.25) is 0 Å². The molecule has 1 aliphatic rings. The van der Waals surface area contributed by atoms with Crippen LogP contribution >= 0.6 is 0 Å². The zero-order valence-electron chi connectivity index (χ0n) is 12.9. The van der Waals surface area contributed by atoms with E-state index in [1.54, 1.807) is 7.05 Å². The molecule has 1 saturated carbocycles. The molecule has 0 aliphatic heterocycles. The van der Waals surface area contributed by atoms with E-state index in [1.165, 1.54) is 4.31 Å². The third-order valence-electron chi connectivity index (χ3n) is 4.48. The summed E-state index contributed by atoms with van der Waals surface area (Å²) in [5.74, 6) is 0.530. The van der Waals surface area contributed by atoms with Crippen LogP contribution < -0.4 is 10.5 Å². The molecule has 0 heterocycles. The predicted octanol–water partition coefficient (Wildman–Crippen LogP) is 1.44. The molecule has 20 heavy (non-hydrogen) atoms. The number of nitrogens with two attached hydrogens (primary N) is 1. The molecule has 0 amide bonds. The largest absolute Gasteiger partial charge is 0.386 e. The van der Waals surface area contributed by atoms with E-state index in [1.807, 2.05) is 13.8 Å². The summed E-state index contributed by atoms with van der Waals surface area (Å²) in [6, 6.07) is -0.136. The maximum Gasteiger partial charge on any atom is 0.280 e. The van der Waals surface area contributed by atoms with Gasteiger partial charge in [0.25, 0.3) is 10.2 Å². The second-order valence-electron chi connectivity index (χ2n) is 6.06. The maximum atomic E-state index is 12.4. The first-order valence-electron chi connectivity index (χ1n) is 7.26. The lowest BCUT2D eigenvalue weighted by Crippen LogP contribution is -2.61. The van der Waals surface area contributed by atoms with Crippen LogP contribution in [0.25, 0.3) is 0 Å². The minimum absolute atomic E-state index is 0.0761. The number of hydrogen-bond acceptors (Lipinski definition) is 3. The highest BCUT2D eigenvalue weighted by Gasteiger charge is 2.42. The predicted molar refractivity (Wildman–Crippen MR) is 81.8 cm³/mol. The lowest BCUT2D eigenvalue weighted by atomic mass is 9.75. The fraction of sp³-hybridized carbons (Fsp3) is 0.923. The average Bonchev–Trinajstić information content (AvgIpc) is 2.37. The zero-order chi connectivity index (χ0) is 15.6. The average molecular weight is 304 g/mol. The quantitative estimate of drug-likeness (QED) is 0.511.